The van der Waals surface area contributed by atoms with Gasteiger partial charge in [-0.1, -0.05) is 37.3 Å². The number of urea groups is 1. The van der Waals surface area contributed by atoms with Gasteiger partial charge >= 0.3 is 12.0 Å². The molecule has 0 bridgehead atoms. The molecular weight excluding hydrogens is 394 g/mol. The van der Waals surface area contributed by atoms with Gasteiger partial charge in [-0.05, 0) is 49.6 Å². The van der Waals surface area contributed by atoms with Gasteiger partial charge in [-0.15, -0.1) is 0 Å². The van der Waals surface area contributed by atoms with Crippen LogP contribution in [-0.4, -0.2) is 36.5 Å². The molecule has 162 valence electrons. The van der Waals surface area contributed by atoms with Crippen molar-refractivity contribution in [3.8, 4) is 0 Å². The highest BCUT2D eigenvalue weighted by atomic mass is 16.5. The molecule has 2 aromatic carbocycles. The van der Waals surface area contributed by atoms with Crippen LogP contribution in [0.2, 0.25) is 0 Å². The molecule has 0 fully saturated rings. The summed E-state index contributed by atoms with van der Waals surface area (Å²) in [7, 11) is 1.32. The highest BCUT2D eigenvalue weighted by molar-refractivity contribution is 6.05. The van der Waals surface area contributed by atoms with Crippen LogP contribution >= 0.6 is 0 Å². The number of hydrogen-bond donors (Lipinski definition) is 2. The molecule has 31 heavy (non-hydrogen) atoms. The Balaban J connectivity index is 1.86. The van der Waals surface area contributed by atoms with Gasteiger partial charge in [0, 0.05) is 23.5 Å². The van der Waals surface area contributed by atoms with Crippen molar-refractivity contribution in [3.63, 3.8) is 0 Å². The third-order valence-electron chi connectivity index (χ3n) is 5.34. The predicted molar refractivity (Wildman–Crippen MR) is 119 cm³/mol. The topological polar surface area (TPSA) is 87.7 Å². The number of carbonyl (C=O) groups is 3. The molecule has 3 rings (SSSR count). The van der Waals surface area contributed by atoms with Crippen molar-refractivity contribution in [3.05, 3.63) is 76.5 Å². The van der Waals surface area contributed by atoms with Gasteiger partial charge in [0.1, 0.15) is 0 Å². The zero-order chi connectivity index (χ0) is 22.5. The maximum atomic E-state index is 12.6. The fourth-order valence-corrected chi connectivity index (χ4v) is 3.68. The summed E-state index contributed by atoms with van der Waals surface area (Å²) in [6.07, 6.45) is 0.763. The van der Waals surface area contributed by atoms with Gasteiger partial charge in [0.2, 0.25) is 0 Å². The van der Waals surface area contributed by atoms with Crippen LogP contribution in [0.15, 0.2) is 59.8 Å². The summed E-state index contributed by atoms with van der Waals surface area (Å²) < 4.78 is 4.98. The molecule has 0 saturated heterocycles. The van der Waals surface area contributed by atoms with Crippen LogP contribution in [-0.2, 0) is 9.53 Å². The second kappa shape index (κ2) is 9.47. The lowest BCUT2D eigenvalue weighted by atomic mass is 9.94. The lowest BCUT2D eigenvalue weighted by Crippen LogP contribution is -2.48. The lowest BCUT2D eigenvalue weighted by molar-refractivity contribution is -0.136. The SMILES string of the molecule is CCCN1C(=O)N[C@H](c2ccc(NC(=O)c3ccccc3C)cc2)C(C(=O)OC)=C1C. The molecule has 1 aliphatic rings. The number of allylic oxidation sites excluding steroid dienone is 1. The van der Waals surface area contributed by atoms with Crippen LogP contribution in [0.25, 0.3) is 0 Å². The fourth-order valence-electron chi connectivity index (χ4n) is 3.68. The minimum Gasteiger partial charge on any atom is -0.466 e. The summed E-state index contributed by atoms with van der Waals surface area (Å²) in [4.78, 5) is 39.2. The third-order valence-corrected chi connectivity index (χ3v) is 5.34. The minimum atomic E-state index is -0.630. The average molecular weight is 421 g/mol. The smallest absolute Gasteiger partial charge is 0.337 e. The van der Waals surface area contributed by atoms with E-state index in [2.05, 4.69) is 10.6 Å². The Morgan fingerprint density at radius 1 is 1.10 bits per heavy atom. The van der Waals surface area contributed by atoms with E-state index in [1.54, 1.807) is 42.2 Å². The van der Waals surface area contributed by atoms with Gasteiger partial charge in [0.15, 0.2) is 0 Å². The van der Waals surface area contributed by atoms with Crippen molar-refractivity contribution in [2.45, 2.75) is 33.2 Å². The molecule has 2 aromatic rings. The molecule has 7 heteroatoms. The molecule has 1 heterocycles. The number of anilines is 1. The molecule has 0 aromatic heterocycles. The number of ether oxygens (including phenoxy) is 1. The van der Waals surface area contributed by atoms with Gasteiger partial charge in [-0.2, -0.15) is 0 Å². The molecule has 0 spiro atoms. The van der Waals surface area contributed by atoms with Gasteiger partial charge in [0.25, 0.3) is 5.91 Å². The van der Waals surface area contributed by atoms with E-state index >= 15 is 0 Å². The summed E-state index contributed by atoms with van der Waals surface area (Å²) in [6.45, 7) is 6.11. The van der Waals surface area contributed by atoms with E-state index in [4.69, 9.17) is 4.74 Å². The molecule has 1 aliphatic heterocycles. The number of benzene rings is 2. The zero-order valence-corrected chi connectivity index (χ0v) is 18.2. The number of carbonyl (C=O) groups excluding carboxylic acids is 3. The van der Waals surface area contributed by atoms with Crippen molar-refractivity contribution in [2.24, 2.45) is 0 Å². The number of methoxy groups -OCH3 is 1. The van der Waals surface area contributed by atoms with Gasteiger partial charge in [-0.3, -0.25) is 9.69 Å². The standard InChI is InChI=1S/C24H27N3O4/c1-5-14-27-16(3)20(23(29)31-4)21(26-24(27)30)17-10-12-18(13-11-17)25-22(28)19-9-7-6-8-15(19)2/h6-13,21H,5,14H2,1-4H3,(H,25,28)(H,26,30)/t21-/m1/s1. The zero-order valence-electron chi connectivity index (χ0n) is 18.2. The number of nitrogens with zero attached hydrogens (tertiary/aromatic N) is 1. The number of nitrogens with one attached hydrogen (secondary N) is 2. The third kappa shape index (κ3) is 4.60. The minimum absolute atomic E-state index is 0.196. The Labute approximate surface area is 182 Å². The fraction of sp³-hybridized carbons (Fsp3) is 0.292. The first-order chi connectivity index (χ1) is 14.9. The van der Waals surface area contributed by atoms with E-state index in [0.29, 0.717) is 29.1 Å². The van der Waals surface area contributed by atoms with Crippen LogP contribution in [0.3, 0.4) is 0 Å². The first kappa shape index (κ1) is 22.1. The Hall–Kier alpha value is -3.61. The van der Waals surface area contributed by atoms with Crippen LogP contribution in [0.1, 0.15) is 47.8 Å². The molecular formula is C24H27N3O4. The molecule has 0 aliphatic carbocycles. The Morgan fingerprint density at radius 3 is 2.39 bits per heavy atom. The van der Waals surface area contributed by atoms with Crippen molar-refractivity contribution in [1.29, 1.82) is 0 Å². The number of rotatable bonds is 6. The Morgan fingerprint density at radius 2 is 1.77 bits per heavy atom. The molecule has 1 atom stereocenters. The van der Waals surface area contributed by atoms with Crippen molar-refractivity contribution >= 4 is 23.6 Å². The van der Waals surface area contributed by atoms with E-state index in [-0.39, 0.29) is 11.9 Å². The number of amides is 3. The van der Waals surface area contributed by atoms with E-state index in [1.807, 2.05) is 32.0 Å². The molecule has 2 N–H and O–H groups in total. The molecule has 0 unspecified atom stereocenters. The summed E-state index contributed by atoms with van der Waals surface area (Å²) in [6, 6.07) is 13.5. The molecule has 0 radical (unpaired) electrons. The number of esters is 1. The Kier molecular flexibility index (Phi) is 6.74. The quantitative estimate of drug-likeness (QED) is 0.685. The summed E-state index contributed by atoms with van der Waals surface area (Å²) in [5.74, 6) is -0.682. The monoisotopic (exact) mass is 421 g/mol. The largest absolute Gasteiger partial charge is 0.466 e. The van der Waals surface area contributed by atoms with Crippen LogP contribution in [0, 0.1) is 6.92 Å². The Bertz CT molecular complexity index is 1030. The van der Waals surface area contributed by atoms with E-state index < -0.39 is 12.0 Å². The van der Waals surface area contributed by atoms with E-state index in [0.717, 1.165) is 17.5 Å². The number of hydrogen-bond acceptors (Lipinski definition) is 4. The first-order valence-corrected chi connectivity index (χ1v) is 10.2. The lowest BCUT2D eigenvalue weighted by Gasteiger charge is -2.35. The van der Waals surface area contributed by atoms with Crippen LogP contribution in [0.5, 0.6) is 0 Å². The summed E-state index contributed by atoms with van der Waals surface area (Å²) in [5, 5.41) is 5.78. The van der Waals surface area contributed by atoms with Crippen LogP contribution in [0.4, 0.5) is 10.5 Å². The van der Waals surface area contributed by atoms with Crippen molar-refractivity contribution in [2.75, 3.05) is 19.0 Å². The maximum Gasteiger partial charge on any atom is 0.337 e. The van der Waals surface area contributed by atoms with Crippen LogP contribution < -0.4 is 10.6 Å². The predicted octanol–water partition coefficient (Wildman–Crippen LogP) is 4.17. The second-order valence-electron chi connectivity index (χ2n) is 7.42. The number of aryl methyl sites for hydroxylation is 1. The highest BCUT2D eigenvalue weighted by Gasteiger charge is 2.35. The van der Waals surface area contributed by atoms with E-state index in [1.165, 1.54) is 7.11 Å². The van der Waals surface area contributed by atoms with Gasteiger partial charge in [0.05, 0.1) is 18.7 Å². The average Bonchev–Trinajstić information content (AvgIpc) is 2.76. The normalized spacial score (nSPS) is 16.1. The van der Waals surface area contributed by atoms with Crippen molar-refractivity contribution < 1.29 is 19.1 Å². The molecule has 0 saturated carbocycles. The first-order valence-electron chi connectivity index (χ1n) is 10.2. The summed E-state index contributed by atoms with van der Waals surface area (Å²) >= 11 is 0. The summed E-state index contributed by atoms with van der Waals surface area (Å²) in [5.41, 5.74) is 3.81. The molecule has 7 nitrogen and oxygen atoms in total. The van der Waals surface area contributed by atoms with Gasteiger partial charge in [-0.25, -0.2) is 9.59 Å². The van der Waals surface area contributed by atoms with Gasteiger partial charge < -0.3 is 15.4 Å². The second-order valence-corrected chi connectivity index (χ2v) is 7.42. The highest BCUT2D eigenvalue weighted by Crippen LogP contribution is 2.32. The maximum absolute atomic E-state index is 12.6. The van der Waals surface area contributed by atoms with E-state index in [9.17, 15) is 14.4 Å². The molecule has 3 amide bonds. The van der Waals surface area contributed by atoms with Crippen molar-refractivity contribution in [1.82, 2.24) is 10.2 Å².